The zero-order valence-corrected chi connectivity index (χ0v) is 20.0. The van der Waals surface area contributed by atoms with Crippen LogP contribution in [0.5, 0.6) is 5.75 Å². The maximum Gasteiger partial charge on any atom is 0.303 e. The lowest BCUT2D eigenvalue weighted by molar-refractivity contribution is -0.235. The predicted octanol–water partition coefficient (Wildman–Crippen LogP) is 3.57. The second kappa shape index (κ2) is 13.0. The van der Waals surface area contributed by atoms with Crippen molar-refractivity contribution in [1.82, 2.24) is 0 Å². The highest BCUT2D eigenvalue weighted by molar-refractivity contribution is 7.99. The molecule has 7 nitrogen and oxygen atoms in total. The third-order valence-corrected chi connectivity index (χ3v) is 6.29. The molecule has 0 aliphatic carbocycles. The van der Waals surface area contributed by atoms with Gasteiger partial charge in [-0.1, -0.05) is 49.4 Å². The van der Waals surface area contributed by atoms with E-state index in [9.17, 15) is 9.90 Å². The average Bonchev–Trinajstić information content (AvgIpc) is 2.82. The van der Waals surface area contributed by atoms with E-state index in [0.717, 1.165) is 22.6 Å². The first-order valence-corrected chi connectivity index (χ1v) is 12.0. The summed E-state index contributed by atoms with van der Waals surface area (Å²) in [6, 6.07) is 17.3. The number of rotatable bonds is 11. The lowest BCUT2D eigenvalue weighted by atomic mass is 9.99. The average molecular weight is 477 g/mol. The monoisotopic (exact) mass is 476 g/mol. The zero-order chi connectivity index (χ0) is 23.6. The maximum absolute atomic E-state index is 11.8. The molecule has 1 aliphatic rings. The Morgan fingerprint density at radius 3 is 2.36 bits per heavy atom. The smallest absolute Gasteiger partial charge is 0.303 e. The van der Waals surface area contributed by atoms with E-state index in [1.165, 1.54) is 18.7 Å². The van der Waals surface area contributed by atoms with Crippen LogP contribution in [-0.4, -0.2) is 60.4 Å². The first-order chi connectivity index (χ1) is 16.0. The van der Waals surface area contributed by atoms with E-state index < -0.39 is 35.8 Å². The molecule has 33 heavy (non-hydrogen) atoms. The summed E-state index contributed by atoms with van der Waals surface area (Å²) in [4.78, 5) is 11.8. The normalized spacial score (nSPS) is 24.9. The van der Waals surface area contributed by atoms with Crippen molar-refractivity contribution in [3.8, 4) is 5.75 Å². The lowest BCUT2D eigenvalue weighted by Crippen LogP contribution is -2.59. The highest BCUT2D eigenvalue weighted by Gasteiger charge is 2.48. The van der Waals surface area contributed by atoms with Gasteiger partial charge in [0.2, 0.25) is 0 Å². The summed E-state index contributed by atoms with van der Waals surface area (Å²) in [5.41, 5.74) is 1.47. The van der Waals surface area contributed by atoms with Crippen LogP contribution in [0.2, 0.25) is 0 Å². The molecule has 0 saturated carbocycles. The molecule has 3 rings (SSSR count). The zero-order valence-electron chi connectivity index (χ0n) is 19.2. The van der Waals surface area contributed by atoms with Gasteiger partial charge in [-0.15, -0.1) is 11.8 Å². The van der Waals surface area contributed by atoms with Crippen LogP contribution in [0.1, 0.15) is 25.0 Å². The van der Waals surface area contributed by atoms with Crippen LogP contribution < -0.4 is 4.74 Å². The Bertz CT molecular complexity index is 846. The van der Waals surface area contributed by atoms with E-state index >= 15 is 0 Å². The number of esters is 1. The fraction of sp³-hybridized carbons (Fsp3) is 0.480. The molecular formula is C25H32O7S. The highest BCUT2D eigenvalue weighted by Crippen LogP contribution is 2.33. The van der Waals surface area contributed by atoms with Crippen molar-refractivity contribution in [2.75, 3.05) is 19.5 Å². The minimum Gasteiger partial charge on any atom is -0.497 e. The van der Waals surface area contributed by atoms with Gasteiger partial charge >= 0.3 is 5.97 Å². The Labute approximate surface area is 199 Å². The summed E-state index contributed by atoms with van der Waals surface area (Å²) < 4.78 is 28.8. The summed E-state index contributed by atoms with van der Waals surface area (Å²) in [6.45, 7) is 4.16. The SMILES string of the molecule is CCS[C@@H]1O[C@H](COCc2ccc(OC)cc2)[C@@H](O)[C@H](OCc2ccccc2)[C@H]1OC(C)=O. The number of hydrogen-bond donors (Lipinski definition) is 1. The molecule has 180 valence electrons. The number of methoxy groups -OCH3 is 1. The third kappa shape index (κ3) is 7.45. The molecule has 1 fully saturated rings. The van der Waals surface area contributed by atoms with E-state index in [-0.39, 0.29) is 13.2 Å². The summed E-state index contributed by atoms with van der Waals surface area (Å²) in [5, 5.41) is 11.1. The Morgan fingerprint density at radius 1 is 1.03 bits per heavy atom. The van der Waals surface area contributed by atoms with Gasteiger partial charge in [0.25, 0.3) is 0 Å². The molecule has 0 bridgehead atoms. The van der Waals surface area contributed by atoms with Crippen LogP contribution in [0.4, 0.5) is 0 Å². The van der Waals surface area contributed by atoms with Gasteiger partial charge in [0.1, 0.15) is 29.5 Å². The first kappa shape index (κ1) is 25.5. The number of carbonyl (C=O) groups is 1. The van der Waals surface area contributed by atoms with Crippen LogP contribution in [0.3, 0.4) is 0 Å². The van der Waals surface area contributed by atoms with Gasteiger partial charge in [0.15, 0.2) is 6.10 Å². The van der Waals surface area contributed by atoms with Gasteiger partial charge in [-0.3, -0.25) is 4.79 Å². The van der Waals surface area contributed by atoms with Crippen molar-refractivity contribution in [1.29, 1.82) is 0 Å². The number of hydrogen-bond acceptors (Lipinski definition) is 8. The second-order valence-corrected chi connectivity index (χ2v) is 9.06. The van der Waals surface area contributed by atoms with Gasteiger partial charge < -0.3 is 28.8 Å². The molecule has 8 heteroatoms. The van der Waals surface area contributed by atoms with E-state index in [4.69, 9.17) is 23.7 Å². The molecule has 0 radical (unpaired) electrons. The van der Waals surface area contributed by atoms with Gasteiger partial charge in [0.05, 0.1) is 26.9 Å². The van der Waals surface area contributed by atoms with Crippen molar-refractivity contribution >= 4 is 17.7 Å². The summed E-state index contributed by atoms with van der Waals surface area (Å²) in [5.74, 6) is 1.09. The van der Waals surface area contributed by atoms with Gasteiger partial charge in [-0.2, -0.15) is 0 Å². The molecule has 0 unspecified atom stereocenters. The van der Waals surface area contributed by atoms with Crippen LogP contribution in [0.15, 0.2) is 54.6 Å². The molecule has 5 atom stereocenters. The molecule has 0 amide bonds. The first-order valence-electron chi connectivity index (χ1n) is 11.0. The largest absolute Gasteiger partial charge is 0.497 e. The molecular weight excluding hydrogens is 444 g/mol. The summed E-state index contributed by atoms with van der Waals surface area (Å²) in [7, 11) is 1.62. The van der Waals surface area contributed by atoms with E-state index in [1.54, 1.807) is 7.11 Å². The van der Waals surface area contributed by atoms with Crippen molar-refractivity contribution in [2.45, 2.75) is 56.9 Å². The van der Waals surface area contributed by atoms with E-state index in [0.29, 0.717) is 6.61 Å². The predicted molar refractivity (Wildman–Crippen MR) is 126 cm³/mol. The lowest BCUT2D eigenvalue weighted by Gasteiger charge is -2.43. The van der Waals surface area contributed by atoms with Crippen molar-refractivity contribution < 1.29 is 33.6 Å². The minimum absolute atomic E-state index is 0.173. The molecule has 0 aromatic heterocycles. The molecule has 1 N–H and O–H groups in total. The Hall–Kier alpha value is -2.10. The van der Waals surface area contributed by atoms with Gasteiger partial charge in [-0.25, -0.2) is 0 Å². The molecule has 2 aromatic rings. The second-order valence-electron chi connectivity index (χ2n) is 7.69. The molecule has 2 aromatic carbocycles. The number of carbonyl (C=O) groups excluding carboxylic acids is 1. The Balaban J connectivity index is 1.68. The number of aliphatic hydroxyl groups excluding tert-OH is 1. The quantitative estimate of drug-likeness (QED) is 0.493. The van der Waals surface area contributed by atoms with Crippen LogP contribution in [-0.2, 0) is 37.0 Å². The number of thioether (sulfide) groups is 1. The maximum atomic E-state index is 11.8. The fourth-order valence-corrected chi connectivity index (χ4v) is 4.57. The highest BCUT2D eigenvalue weighted by atomic mass is 32.2. The van der Waals surface area contributed by atoms with Gasteiger partial charge in [-0.05, 0) is 29.0 Å². The molecule has 1 heterocycles. The molecule has 0 spiro atoms. The van der Waals surface area contributed by atoms with E-state index in [1.807, 2.05) is 61.5 Å². The van der Waals surface area contributed by atoms with Crippen molar-refractivity contribution in [3.05, 3.63) is 65.7 Å². The number of ether oxygens (including phenoxy) is 5. The van der Waals surface area contributed by atoms with Crippen LogP contribution in [0, 0.1) is 0 Å². The Kier molecular flexibility index (Phi) is 10.0. The minimum atomic E-state index is -1.03. The standard InChI is InChI=1S/C25H32O7S/c1-4-33-25-24(31-17(2)26)23(30-15-18-8-6-5-7-9-18)22(27)21(32-25)16-29-14-19-10-12-20(28-3)13-11-19/h5-13,21-25,27H,4,14-16H2,1-3H3/t21-,22-,23+,24-,25+/m1/s1. The molecule has 1 saturated heterocycles. The fourth-order valence-electron chi connectivity index (χ4n) is 3.62. The topological polar surface area (TPSA) is 83.5 Å². The summed E-state index contributed by atoms with van der Waals surface area (Å²) >= 11 is 1.51. The van der Waals surface area contributed by atoms with Gasteiger partial charge in [0, 0.05) is 6.92 Å². The van der Waals surface area contributed by atoms with Crippen LogP contribution in [0.25, 0.3) is 0 Å². The van der Waals surface area contributed by atoms with Crippen molar-refractivity contribution in [2.24, 2.45) is 0 Å². The number of benzene rings is 2. The Morgan fingerprint density at radius 2 is 1.73 bits per heavy atom. The summed E-state index contributed by atoms with van der Waals surface area (Å²) in [6.07, 6.45) is -3.13. The van der Waals surface area contributed by atoms with E-state index in [2.05, 4.69) is 0 Å². The van der Waals surface area contributed by atoms with Crippen molar-refractivity contribution in [3.63, 3.8) is 0 Å². The molecule has 1 aliphatic heterocycles. The third-order valence-electron chi connectivity index (χ3n) is 5.25. The number of aliphatic hydroxyl groups is 1. The van der Waals surface area contributed by atoms with Crippen LogP contribution >= 0.6 is 11.8 Å².